The van der Waals surface area contributed by atoms with Gasteiger partial charge in [-0.3, -0.25) is 9.59 Å². The molecule has 0 radical (unpaired) electrons. The summed E-state index contributed by atoms with van der Waals surface area (Å²) in [5.74, 6) is -2.65. The summed E-state index contributed by atoms with van der Waals surface area (Å²) in [7, 11) is 0. The summed E-state index contributed by atoms with van der Waals surface area (Å²) in [6, 6.07) is 3.20. The molecule has 0 fully saturated rings. The largest absolute Gasteiger partial charge is 0.453 e. The monoisotopic (exact) mass is 352 g/mol. The molecule has 0 aliphatic rings. The van der Waals surface area contributed by atoms with Gasteiger partial charge in [0, 0.05) is 12.0 Å². The molecule has 0 saturated heterocycles. The molecule has 134 valence electrons. The molecule has 0 spiro atoms. The lowest BCUT2D eigenvalue weighted by molar-refractivity contribution is -0.153. The summed E-state index contributed by atoms with van der Waals surface area (Å²) in [5, 5.41) is 5.86. The molecule has 0 aliphatic carbocycles. The van der Waals surface area contributed by atoms with Crippen molar-refractivity contribution in [3.8, 4) is 0 Å². The number of rotatable bonds is 6. The van der Waals surface area contributed by atoms with Gasteiger partial charge in [0.1, 0.15) is 23.1 Å². The van der Waals surface area contributed by atoms with Gasteiger partial charge in [0.2, 0.25) is 0 Å². The van der Waals surface area contributed by atoms with Crippen molar-refractivity contribution in [3.63, 3.8) is 0 Å². The van der Waals surface area contributed by atoms with Crippen LogP contribution in [0.25, 0.3) is 0 Å². The first-order valence-electron chi connectivity index (χ1n) is 7.65. The normalized spacial score (nSPS) is 11.9. The maximum atomic E-state index is 13.5. The van der Waals surface area contributed by atoms with Crippen molar-refractivity contribution in [3.05, 3.63) is 46.9 Å². The van der Waals surface area contributed by atoms with Gasteiger partial charge in [-0.1, -0.05) is 11.2 Å². The molecule has 8 heteroatoms. The van der Waals surface area contributed by atoms with E-state index >= 15 is 0 Å². The number of amides is 1. The Labute approximate surface area is 143 Å². The van der Waals surface area contributed by atoms with Crippen molar-refractivity contribution in [1.29, 1.82) is 0 Å². The number of hydrogen-bond donors (Lipinski definition) is 1. The molecule has 6 nitrogen and oxygen atoms in total. The zero-order chi connectivity index (χ0) is 18.6. The summed E-state index contributed by atoms with van der Waals surface area (Å²) < 4.78 is 37.0. The van der Waals surface area contributed by atoms with Crippen molar-refractivity contribution < 1.29 is 27.6 Å². The van der Waals surface area contributed by atoms with Gasteiger partial charge in [-0.2, -0.15) is 0 Å². The predicted octanol–water partition coefficient (Wildman–Crippen LogP) is 3.07. The highest BCUT2D eigenvalue weighted by Gasteiger charge is 2.21. The van der Waals surface area contributed by atoms with Gasteiger partial charge in [-0.25, -0.2) is 8.78 Å². The number of nitrogens with one attached hydrogen (secondary N) is 1. The van der Waals surface area contributed by atoms with Gasteiger partial charge in [0.25, 0.3) is 5.91 Å². The van der Waals surface area contributed by atoms with Crippen LogP contribution < -0.4 is 5.32 Å². The maximum Gasteiger partial charge on any atom is 0.306 e. The third-order valence-electron chi connectivity index (χ3n) is 3.65. The van der Waals surface area contributed by atoms with E-state index in [0.29, 0.717) is 17.9 Å². The van der Waals surface area contributed by atoms with E-state index in [2.05, 4.69) is 10.5 Å². The molecule has 1 heterocycles. The Kier molecular flexibility index (Phi) is 5.84. The minimum atomic E-state index is -1.20. The van der Waals surface area contributed by atoms with Crippen LogP contribution in [0.3, 0.4) is 0 Å². The minimum absolute atomic E-state index is 0.0224. The molecule has 1 aromatic heterocycles. The third-order valence-corrected chi connectivity index (χ3v) is 3.65. The number of para-hydroxylation sites is 1. The standard InChI is InChI=1S/C17H18F2N2O4/c1-9-12(10(2)25-21-9)7-8-15(22)24-11(3)17(23)20-16-13(18)5-4-6-14(16)19/h4-6,11H,7-8H2,1-3H3,(H,20,23)/t11-/m1/s1. The van der Waals surface area contributed by atoms with Crippen LogP contribution in [0, 0.1) is 25.5 Å². The fourth-order valence-corrected chi connectivity index (χ4v) is 2.24. The number of nitrogens with zero attached hydrogens (tertiary/aromatic N) is 1. The van der Waals surface area contributed by atoms with Crippen LogP contribution in [0.4, 0.5) is 14.5 Å². The third kappa shape index (κ3) is 4.62. The molecule has 25 heavy (non-hydrogen) atoms. The molecular weight excluding hydrogens is 334 g/mol. The number of aryl methyl sites for hydroxylation is 2. The van der Waals surface area contributed by atoms with E-state index in [1.165, 1.54) is 13.0 Å². The lowest BCUT2D eigenvalue weighted by Gasteiger charge is -2.14. The molecule has 0 aliphatic heterocycles. The second kappa shape index (κ2) is 7.87. The number of anilines is 1. The van der Waals surface area contributed by atoms with Crippen LogP contribution in [0.2, 0.25) is 0 Å². The lowest BCUT2D eigenvalue weighted by atomic mass is 10.1. The smallest absolute Gasteiger partial charge is 0.306 e. The first-order chi connectivity index (χ1) is 11.8. The van der Waals surface area contributed by atoms with Crippen LogP contribution in [0.5, 0.6) is 0 Å². The first-order valence-corrected chi connectivity index (χ1v) is 7.65. The number of hydrogen-bond acceptors (Lipinski definition) is 5. The molecule has 1 N–H and O–H groups in total. The summed E-state index contributed by atoms with van der Waals surface area (Å²) >= 11 is 0. The maximum absolute atomic E-state index is 13.5. The second-order valence-electron chi connectivity index (χ2n) is 5.52. The van der Waals surface area contributed by atoms with Gasteiger partial charge in [-0.15, -0.1) is 0 Å². The SMILES string of the molecule is Cc1noc(C)c1CCC(=O)O[C@H](C)C(=O)Nc1c(F)cccc1F. The highest BCUT2D eigenvalue weighted by atomic mass is 19.1. The first kappa shape index (κ1) is 18.6. The molecule has 0 unspecified atom stereocenters. The Morgan fingerprint density at radius 1 is 1.28 bits per heavy atom. The van der Waals surface area contributed by atoms with Gasteiger partial charge in [-0.05, 0) is 39.3 Å². The van der Waals surface area contributed by atoms with Crippen molar-refractivity contribution in [2.24, 2.45) is 0 Å². The molecular formula is C17H18F2N2O4. The average Bonchev–Trinajstić information content (AvgIpc) is 2.87. The number of ether oxygens (including phenoxy) is 1. The fourth-order valence-electron chi connectivity index (χ4n) is 2.24. The van der Waals surface area contributed by atoms with Crippen molar-refractivity contribution >= 4 is 17.6 Å². The molecule has 1 atom stereocenters. The van der Waals surface area contributed by atoms with Crippen LogP contribution in [0.1, 0.15) is 30.4 Å². The highest BCUT2D eigenvalue weighted by Crippen LogP contribution is 2.19. The van der Waals surface area contributed by atoms with Gasteiger partial charge in [0.15, 0.2) is 6.10 Å². The number of halogens is 2. The number of carbonyl (C=O) groups excluding carboxylic acids is 2. The Hall–Kier alpha value is -2.77. The molecule has 1 amide bonds. The predicted molar refractivity (Wildman–Crippen MR) is 84.8 cm³/mol. The van der Waals surface area contributed by atoms with Crippen LogP contribution in [-0.4, -0.2) is 23.1 Å². The number of aromatic nitrogens is 1. The number of carbonyl (C=O) groups is 2. The summed E-state index contributed by atoms with van der Waals surface area (Å²) in [6.45, 7) is 4.82. The fraction of sp³-hybridized carbons (Fsp3) is 0.353. The quantitative estimate of drug-likeness (QED) is 0.808. The Balaban J connectivity index is 1.89. The van der Waals surface area contributed by atoms with E-state index in [1.807, 2.05) is 0 Å². The molecule has 0 saturated carbocycles. The van der Waals surface area contributed by atoms with Crippen molar-refractivity contribution in [2.45, 2.75) is 39.7 Å². The number of benzene rings is 1. The summed E-state index contributed by atoms with van der Waals surface area (Å²) in [6.07, 6.45) is -0.818. The Morgan fingerprint density at radius 2 is 1.92 bits per heavy atom. The zero-order valence-electron chi connectivity index (χ0n) is 14.1. The van der Waals surface area contributed by atoms with Gasteiger partial charge in [0.05, 0.1) is 5.69 Å². The lowest BCUT2D eigenvalue weighted by Crippen LogP contribution is -2.30. The number of esters is 1. The van der Waals surface area contributed by atoms with E-state index in [4.69, 9.17) is 9.26 Å². The van der Waals surface area contributed by atoms with Gasteiger partial charge < -0.3 is 14.6 Å². The zero-order valence-corrected chi connectivity index (χ0v) is 14.1. The van der Waals surface area contributed by atoms with Crippen LogP contribution in [0.15, 0.2) is 22.7 Å². The average molecular weight is 352 g/mol. The second-order valence-corrected chi connectivity index (χ2v) is 5.52. The summed E-state index contributed by atoms with van der Waals surface area (Å²) in [4.78, 5) is 23.8. The van der Waals surface area contributed by atoms with Crippen LogP contribution >= 0.6 is 0 Å². The van der Waals surface area contributed by atoms with E-state index < -0.39 is 35.3 Å². The molecule has 2 aromatic rings. The molecule has 0 bridgehead atoms. The van der Waals surface area contributed by atoms with E-state index in [9.17, 15) is 18.4 Å². The van der Waals surface area contributed by atoms with E-state index in [-0.39, 0.29) is 6.42 Å². The van der Waals surface area contributed by atoms with Crippen LogP contribution in [-0.2, 0) is 20.7 Å². The van der Waals surface area contributed by atoms with E-state index in [1.54, 1.807) is 13.8 Å². The van der Waals surface area contributed by atoms with Gasteiger partial charge >= 0.3 is 5.97 Å². The summed E-state index contributed by atoms with van der Waals surface area (Å²) in [5.41, 5.74) is 0.916. The Morgan fingerprint density at radius 3 is 2.48 bits per heavy atom. The highest BCUT2D eigenvalue weighted by molar-refractivity contribution is 5.95. The van der Waals surface area contributed by atoms with E-state index in [0.717, 1.165) is 17.7 Å². The van der Waals surface area contributed by atoms with Crippen molar-refractivity contribution in [1.82, 2.24) is 5.16 Å². The Bertz CT molecular complexity index is 749. The van der Waals surface area contributed by atoms with Crippen molar-refractivity contribution in [2.75, 3.05) is 5.32 Å². The molecule has 1 aromatic carbocycles. The topological polar surface area (TPSA) is 81.4 Å². The molecule has 2 rings (SSSR count). The minimum Gasteiger partial charge on any atom is -0.453 e.